The van der Waals surface area contributed by atoms with Gasteiger partial charge in [-0.15, -0.1) is 0 Å². The van der Waals surface area contributed by atoms with Crippen molar-refractivity contribution in [2.24, 2.45) is 7.05 Å². The minimum atomic E-state index is 0.290. The van der Waals surface area contributed by atoms with Crippen LogP contribution in [0.2, 0.25) is 0 Å². The van der Waals surface area contributed by atoms with Crippen LogP contribution in [0, 0.1) is 0 Å². The van der Waals surface area contributed by atoms with Crippen molar-refractivity contribution in [1.82, 2.24) is 14.6 Å². The van der Waals surface area contributed by atoms with Gasteiger partial charge in [-0.05, 0) is 50.3 Å². The van der Waals surface area contributed by atoms with Crippen LogP contribution in [-0.4, -0.2) is 33.8 Å². The minimum Gasteiger partial charge on any atom is -0.490 e. The predicted octanol–water partition coefficient (Wildman–Crippen LogP) is 4.09. The fraction of sp³-hybridized carbons (Fsp3) is 0.500. The molecule has 3 aromatic rings. The van der Waals surface area contributed by atoms with Crippen molar-refractivity contribution in [3.8, 4) is 5.75 Å². The van der Waals surface area contributed by atoms with Crippen LogP contribution in [0.4, 0.5) is 0 Å². The van der Waals surface area contributed by atoms with Gasteiger partial charge in [0, 0.05) is 50.2 Å². The third-order valence-corrected chi connectivity index (χ3v) is 6.12. The van der Waals surface area contributed by atoms with Gasteiger partial charge in [0.1, 0.15) is 23.3 Å². The molecule has 5 rings (SSSR count). The lowest BCUT2D eigenvalue weighted by Gasteiger charge is -2.32. The van der Waals surface area contributed by atoms with Crippen LogP contribution in [0.1, 0.15) is 42.7 Å². The molecule has 27 heavy (non-hydrogen) atoms. The van der Waals surface area contributed by atoms with Gasteiger partial charge in [-0.3, -0.25) is 4.90 Å². The predicted molar refractivity (Wildman–Crippen MR) is 105 cm³/mol. The SMILES string of the molecule is Cn1ccc2c(OC3CCN(Cc4noc5c4CCCC5)CC3)cccc21. The number of aromatic nitrogens is 2. The second kappa shape index (κ2) is 7.04. The van der Waals surface area contributed by atoms with Crippen molar-refractivity contribution in [3.05, 3.63) is 47.5 Å². The third-order valence-electron chi connectivity index (χ3n) is 6.12. The van der Waals surface area contributed by atoms with E-state index in [0.717, 1.165) is 62.5 Å². The maximum atomic E-state index is 6.38. The fourth-order valence-electron chi connectivity index (χ4n) is 4.53. The van der Waals surface area contributed by atoms with E-state index < -0.39 is 0 Å². The zero-order valence-corrected chi connectivity index (χ0v) is 16.0. The number of piperidine rings is 1. The molecule has 0 atom stereocenters. The molecule has 1 aliphatic heterocycles. The van der Waals surface area contributed by atoms with Gasteiger partial charge in [-0.2, -0.15) is 0 Å². The molecule has 1 saturated heterocycles. The summed E-state index contributed by atoms with van der Waals surface area (Å²) in [5.41, 5.74) is 3.77. The first kappa shape index (κ1) is 16.9. The molecule has 0 N–H and O–H groups in total. The van der Waals surface area contributed by atoms with Gasteiger partial charge in [-0.25, -0.2) is 0 Å². The Kier molecular flexibility index (Phi) is 4.40. The van der Waals surface area contributed by atoms with Crippen molar-refractivity contribution in [2.45, 2.75) is 51.2 Å². The standard InChI is InChI=1S/C22H27N3O2/c1-24-12-11-18-20(24)6-4-8-21(18)26-16-9-13-25(14-10-16)15-19-17-5-2-3-7-22(17)27-23-19/h4,6,8,11-12,16H,2-3,5,7,9-10,13-15H2,1H3. The summed E-state index contributed by atoms with van der Waals surface area (Å²) in [5.74, 6) is 2.14. The smallest absolute Gasteiger partial charge is 0.140 e. The van der Waals surface area contributed by atoms with E-state index in [1.165, 1.54) is 29.3 Å². The Morgan fingerprint density at radius 3 is 2.89 bits per heavy atom. The molecule has 5 heteroatoms. The van der Waals surface area contributed by atoms with Gasteiger partial charge in [0.2, 0.25) is 0 Å². The van der Waals surface area contributed by atoms with Crippen LogP contribution >= 0.6 is 0 Å². The maximum Gasteiger partial charge on any atom is 0.140 e. The second-order valence-electron chi connectivity index (χ2n) is 7.95. The van der Waals surface area contributed by atoms with Crippen LogP contribution in [0.3, 0.4) is 0 Å². The second-order valence-corrected chi connectivity index (χ2v) is 7.95. The maximum absolute atomic E-state index is 6.38. The summed E-state index contributed by atoms with van der Waals surface area (Å²) < 4.78 is 14.1. The summed E-state index contributed by atoms with van der Waals surface area (Å²) >= 11 is 0. The van der Waals surface area contributed by atoms with E-state index in [1.807, 2.05) is 0 Å². The number of benzene rings is 1. The molecule has 0 unspecified atom stereocenters. The summed E-state index contributed by atoms with van der Waals surface area (Å²) in [6, 6.07) is 8.47. The van der Waals surface area contributed by atoms with Crippen LogP contribution in [-0.2, 0) is 26.4 Å². The molecule has 0 radical (unpaired) electrons. The number of likely N-dealkylation sites (tertiary alicyclic amines) is 1. The van der Waals surface area contributed by atoms with E-state index in [4.69, 9.17) is 9.26 Å². The van der Waals surface area contributed by atoms with E-state index in [-0.39, 0.29) is 0 Å². The van der Waals surface area contributed by atoms with Crippen molar-refractivity contribution in [2.75, 3.05) is 13.1 Å². The molecule has 142 valence electrons. The monoisotopic (exact) mass is 365 g/mol. The molecule has 3 heterocycles. The molecule has 0 amide bonds. The molecular weight excluding hydrogens is 338 g/mol. The highest BCUT2D eigenvalue weighted by molar-refractivity contribution is 5.86. The van der Waals surface area contributed by atoms with E-state index in [0.29, 0.717) is 6.10 Å². The Morgan fingerprint density at radius 2 is 2.00 bits per heavy atom. The summed E-state index contributed by atoms with van der Waals surface area (Å²) in [5, 5.41) is 5.57. The quantitative estimate of drug-likeness (QED) is 0.698. The molecule has 1 aliphatic carbocycles. The number of rotatable bonds is 4. The lowest BCUT2D eigenvalue weighted by Crippen LogP contribution is -2.38. The summed E-state index contributed by atoms with van der Waals surface area (Å²) in [6.45, 7) is 3.02. The number of aryl methyl sites for hydroxylation is 2. The summed E-state index contributed by atoms with van der Waals surface area (Å²) in [7, 11) is 2.08. The average Bonchev–Trinajstić information content (AvgIpc) is 3.28. The largest absolute Gasteiger partial charge is 0.490 e. The van der Waals surface area contributed by atoms with Crippen molar-refractivity contribution in [1.29, 1.82) is 0 Å². The van der Waals surface area contributed by atoms with Crippen LogP contribution < -0.4 is 4.74 Å². The zero-order chi connectivity index (χ0) is 18.2. The number of hydrogen-bond acceptors (Lipinski definition) is 4. The number of ether oxygens (including phenoxy) is 1. The Morgan fingerprint density at radius 1 is 1.15 bits per heavy atom. The van der Waals surface area contributed by atoms with Gasteiger partial charge in [0.15, 0.2) is 0 Å². The summed E-state index contributed by atoms with van der Waals surface area (Å²) in [4.78, 5) is 2.50. The lowest BCUT2D eigenvalue weighted by atomic mass is 9.96. The molecule has 5 nitrogen and oxygen atoms in total. The average molecular weight is 365 g/mol. The number of hydrogen-bond donors (Lipinski definition) is 0. The van der Waals surface area contributed by atoms with Gasteiger partial charge in [-0.1, -0.05) is 11.2 Å². The number of fused-ring (bicyclic) bond motifs is 2. The first-order valence-corrected chi connectivity index (χ1v) is 10.2. The van der Waals surface area contributed by atoms with Crippen LogP contribution in [0.25, 0.3) is 10.9 Å². The Labute approximate surface area is 159 Å². The van der Waals surface area contributed by atoms with Gasteiger partial charge < -0.3 is 13.8 Å². The molecular formula is C22H27N3O2. The van der Waals surface area contributed by atoms with Crippen molar-refractivity contribution < 1.29 is 9.26 Å². The first-order valence-electron chi connectivity index (χ1n) is 10.2. The van der Waals surface area contributed by atoms with E-state index >= 15 is 0 Å². The van der Waals surface area contributed by atoms with E-state index in [2.05, 4.69) is 52.1 Å². The first-order chi connectivity index (χ1) is 13.3. The molecule has 2 aliphatic rings. The highest BCUT2D eigenvalue weighted by atomic mass is 16.5. The Bertz CT molecular complexity index is 934. The molecule has 0 bridgehead atoms. The lowest BCUT2D eigenvalue weighted by molar-refractivity contribution is 0.0965. The van der Waals surface area contributed by atoms with Crippen molar-refractivity contribution in [3.63, 3.8) is 0 Å². The summed E-state index contributed by atoms with van der Waals surface area (Å²) in [6.07, 6.45) is 9.20. The van der Waals surface area contributed by atoms with Gasteiger partial charge >= 0.3 is 0 Å². The van der Waals surface area contributed by atoms with E-state index in [9.17, 15) is 0 Å². The van der Waals surface area contributed by atoms with Gasteiger partial charge in [0.05, 0.1) is 5.52 Å². The Balaban J connectivity index is 1.21. The third kappa shape index (κ3) is 3.25. The van der Waals surface area contributed by atoms with Gasteiger partial charge in [0.25, 0.3) is 0 Å². The highest BCUT2D eigenvalue weighted by Gasteiger charge is 2.25. The fourth-order valence-corrected chi connectivity index (χ4v) is 4.53. The Hall–Kier alpha value is -2.27. The van der Waals surface area contributed by atoms with Crippen LogP contribution in [0.5, 0.6) is 5.75 Å². The number of nitrogens with zero attached hydrogens (tertiary/aromatic N) is 3. The molecule has 0 saturated carbocycles. The topological polar surface area (TPSA) is 43.4 Å². The zero-order valence-electron chi connectivity index (χ0n) is 16.0. The molecule has 2 aromatic heterocycles. The normalized spacial score (nSPS) is 18.7. The molecule has 0 spiro atoms. The highest BCUT2D eigenvalue weighted by Crippen LogP contribution is 2.30. The van der Waals surface area contributed by atoms with Crippen LogP contribution in [0.15, 0.2) is 35.0 Å². The minimum absolute atomic E-state index is 0.290. The van der Waals surface area contributed by atoms with E-state index in [1.54, 1.807) is 0 Å². The van der Waals surface area contributed by atoms with Crippen molar-refractivity contribution >= 4 is 10.9 Å². The molecule has 1 fully saturated rings. The molecule has 1 aromatic carbocycles.